The highest BCUT2D eigenvalue weighted by atomic mass is 19.3. The summed E-state index contributed by atoms with van der Waals surface area (Å²) in [7, 11) is 1.75. The molecule has 0 fully saturated rings. The fourth-order valence-corrected chi connectivity index (χ4v) is 0.678. The van der Waals surface area contributed by atoms with Crippen molar-refractivity contribution in [1.82, 2.24) is 9.80 Å². The number of alkyl halides is 2. The Morgan fingerprint density at radius 2 is 2.11 bits per heavy atom. The summed E-state index contributed by atoms with van der Waals surface area (Å²) in [6.07, 6.45) is 3.00. The van der Waals surface area contributed by atoms with Crippen LogP contribution in [0.5, 0.6) is 0 Å². The van der Waals surface area contributed by atoms with Gasteiger partial charge in [0.2, 0.25) is 0 Å². The third-order valence-corrected chi connectivity index (χ3v) is 1.15. The van der Waals surface area contributed by atoms with Gasteiger partial charge in [0.15, 0.2) is 0 Å². The van der Waals surface area contributed by atoms with E-state index in [9.17, 15) is 8.78 Å². The fraction of sp³-hybridized carbons (Fsp3) is 0.600. The molecule has 0 atom stereocenters. The quantitative estimate of drug-likeness (QED) is 0.491. The van der Waals surface area contributed by atoms with E-state index in [-0.39, 0.29) is 6.67 Å². The SMILES string of the molecule is CN1C=CN(C(F)F)C1. The average molecular weight is 134 g/mol. The van der Waals surface area contributed by atoms with E-state index in [4.69, 9.17) is 0 Å². The lowest BCUT2D eigenvalue weighted by Gasteiger charge is -2.15. The average Bonchev–Trinajstić information content (AvgIpc) is 2.14. The second kappa shape index (κ2) is 2.21. The number of nitrogens with zero attached hydrogens (tertiary/aromatic N) is 2. The zero-order valence-corrected chi connectivity index (χ0v) is 5.09. The van der Waals surface area contributed by atoms with Crippen LogP contribution in [0, 0.1) is 0 Å². The van der Waals surface area contributed by atoms with Gasteiger partial charge in [0, 0.05) is 19.4 Å². The minimum atomic E-state index is -2.37. The summed E-state index contributed by atoms with van der Waals surface area (Å²) in [4.78, 5) is 2.65. The second-order valence-electron chi connectivity index (χ2n) is 1.99. The summed E-state index contributed by atoms with van der Waals surface area (Å²) in [6.45, 7) is -2.08. The van der Waals surface area contributed by atoms with Gasteiger partial charge in [-0.3, -0.25) is 0 Å². The van der Waals surface area contributed by atoms with Gasteiger partial charge in [-0.15, -0.1) is 0 Å². The van der Waals surface area contributed by atoms with Gasteiger partial charge in [0.05, 0.1) is 6.67 Å². The van der Waals surface area contributed by atoms with E-state index in [1.807, 2.05) is 0 Å². The Hall–Kier alpha value is -0.800. The topological polar surface area (TPSA) is 6.48 Å². The lowest BCUT2D eigenvalue weighted by Crippen LogP contribution is -2.26. The summed E-state index contributed by atoms with van der Waals surface area (Å²) in [5, 5.41) is 0. The molecule has 0 aromatic rings. The maximum Gasteiger partial charge on any atom is 0.316 e. The Balaban J connectivity index is 2.41. The summed E-state index contributed by atoms with van der Waals surface area (Å²) in [5.74, 6) is 0. The van der Waals surface area contributed by atoms with Crippen molar-refractivity contribution in [3.05, 3.63) is 12.4 Å². The molecule has 0 aromatic heterocycles. The Morgan fingerprint density at radius 3 is 2.33 bits per heavy atom. The smallest absolute Gasteiger partial charge is 0.316 e. The molecule has 0 saturated heterocycles. The molecule has 0 N–H and O–H groups in total. The van der Waals surface area contributed by atoms with E-state index < -0.39 is 6.55 Å². The van der Waals surface area contributed by atoms with Gasteiger partial charge in [-0.2, -0.15) is 8.78 Å². The van der Waals surface area contributed by atoms with E-state index in [1.165, 1.54) is 6.20 Å². The lowest BCUT2D eigenvalue weighted by molar-refractivity contribution is -0.00185. The van der Waals surface area contributed by atoms with Crippen LogP contribution in [0.4, 0.5) is 8.78 Å². The highest BCUT2D eigenvalue weighted by Crippen LogP contribution is 2.09. The van der Waals surface area contributed by atoms with Crippen LogP contribution in [0.2, 0.25) is 0 Å². The number of hydrogen-bond donors (Lipinski definition) is 0. The molecule has 2 nitrogen and oxygen atoms in total. The molecule has 0 radical (unpaired) electrons. The van der Waals surface area contributed by atoms with E-state index >= 15 is 0 Å². The molecule has 52 valence electrons. The second-order valence-corrected chi connectivity index (χ2v) is 1.99. The molecule has 1 rings (SSSR count). The highest BCUT2D eigenvalue weighted by Gasteiger charge is 2.16. The zero-order chi connectivity index (χ0) is 6.85. The van der Waals surface area contributed by atoms with Crippen molar-refractivity contribution in [3.8, 4) is 0 Å². The van der Waals surface area contributed by atoms with Crippen LogP contribution in [0.25, 0.3) is 0 Å². The van der Waals surface area contributed by atoms with E-state index in [0.29, 0.717) is 0 Å². The molecule has 0 aliphatic carbocycles. The molecule has 0 unspecified atom stereocenters. The number of halogens is 2. The van der Waals surface area contributed by atoms with Crippen molar-refractivity contribution in [1.29, 1.82) is 0 Å². The molecular formula is C5H8F2N2. The molecule has 9 heavy (non-hydrogen) atoms. The number of rotatable bonds is 1. The zero-order valence-electron chi connectivity index (χ0n) is 5.09. The van der Waals surface area contributed by atoms with Crippen molar-refractivity contribution < 1.29 is 8.78 Å². The Kier molecular flexibility index (Phi) is 1.55. The van der Waals surface area contributed by atoms with Gasteiger partial charge < -0.3 is 9.80 Å². The van der Waals surface area contributed by atoms with Gasteiger partial charge in [0.1, 0.15) is 0 Å². The monoisotopic (exact) mass is 134 g/mol. The van der Waals surface area contributed by atoms with Crippen LogP contribution in [0.1, 0.15) is 0 Å². The largest absolute Gasteiger partial charge is 0.361 e. The Labute approximate surface area is 52.4 Å². The van der Waals surface area contributed by atoms with Crippen molar-refractivity contribution >= 4 is 0 Å². The Morgan fingerprint density at radius 1 is 1.44 bits per heavy atom. The molecule has 0 saturated carbocycles. The molecular weight excluding hydrogens is 126 g/mol. The maximum absolute atomic E-state index is 11.8. The van der Waals surface area contributed by atoms with Crippen LogP contribution in [-0.2, 0) is 0 Å². The maximum atomic E-state index is 11.8. The van der Waals surface area contributed by atoms with Gasteiger partial charge in [-0.05, 0) is 0 Å². The first-order valence-corrected chi connectivity index (χ1v) is 2.62. The lowest BCUT2D eigenvalue weighted by atomic mass is 10.8. The van der Waals surface area contributed by atoms with Crippen LogP contribution in [0.15, 0.2) is 12.4 Å². The molecule has 0 bridgehead atoms. The molecule has 1 aliphatic rings. The minimum Gasteiger partial charge on any atom is -0.361 e. The van der Waals surface area contributed by atoms with Crippen LogP contribution in [-0.4, -0.2) is 30.1 Å². The van der Waals surface area contributed by atoms with E-state index in [2.05, 4.69) is 0 Å². The molecule has 4 heteroatoms. The van der Waals surface area contributed by atoms with Gasteiger partial charge >= 0.3 is 6.55 Å². The van der Waals surface area contributed by atoms with Crippen LogP contribution >= 0.6 is 0 Å². The number of hydrogen-bond acceptors (Lipinski definition) is 2. The van der Waals surface area contributed by atoms with Crippen LogP contribution < -0.4 is 0 Å². The third-order valence-electron chi connectivity index (χ3n) is 1.15. The molecule has 0 spiro atoms. The van der Waals surface area contributed by atoms with Gasteiger partial charge in [0.25, 0.3) is 0 Å². The summed E-state index contributed by atoms with van der Waals surface area (Å²) in [5.41, 5.74) is 0. The predicted octanol–water partition coefficient (Wildman–Crippen LogP) is 0.885. The minimum absolute atomic E-state index is 0.289. The third kappa shape index (κ3) is 1.31. The fourth-order valence-electron chi connectivity index (χ4n) is 0.678. The summed E-state index contributed by atoms with van der Waals surface area (Å²) in [6, 6.07) is 0. The van der Waals surface area contributed by atoms with E-state index in [1.54, 1.807) is 18.1 Å². The first-order valence-electron chi connectivity index (χ1n) is 2.62. The van der Waals surface area contributed by atoms with Gasteiger partial charge in [-0.25, -0.2) is 0 Å². The molecule has 0 amide bonds. The van der Waals surface area contributed by atoms with Crippen molar-refractivity contribution in [2.24, 2.45) is 0 Å². The highest BCUT2D eigenvalue weighted by molar-refractivity contribution is 4.87. The Bertz CT molecular complexity index is 124. The van der Waals surface area contributed by atoms with Gasteiger partial charge in [-0.1, -0.05) is 0 Å². The van der Waals surface area contributed by atoms with E-state index in [0.717, 1.165) is 4.90 Å². The van der Waals surface area contributed by atoms with Crippen LogP contribution in [0.3, 0.4) is 0 Å². The predicted molar refractivity (Wildman–Crippen MR) is 29.6 cm³/mol. The molecule has 1 heterocycles. The molecule has 0 aromatic carbocycles. The molecule has 1 aliphatic heterocycles. The first-order chi connectivity index (χ1) is 4.20. The summed E-state index contributed by atoms with van der Waals surface area (Å²) < 4.78 is 23.5. The summed E-state index contributed by atoms with van der Waals surface area (Å²) >= 11 is 0. The van der Waals surface area contributed by atoms with Crippen molar-refractivity contribution in [2.75, 3.05) is 13.7 Å². The normalized spacial score (nSPS) is 18.2. The standard InChI is InChI=1S/C5H8F2N2/c1-8-2-3-9(4-8)5(6)7/h2-3,5H,4H2,1H3. The van der Waals surface area contributed by atoms with Crippen molar-refractivity contribution in [3.63, 3.8) is 0 Å². The first kappa shape index (κ1) is 6.32. The van der Waals surface area contributed by atoms with Crippen molar-refractivity contribution in [2.45, 2.75) is 6.55 Å².